The van der Waals surface area contributed by atoms with E-state index in [2.05, 4.69) is 10.6 Å². The van der Waals surface area contributed by atoms with Crippen molar-refractivity contribution in [3.05, 3.63) is 29.3 Å². The van der Waals surface area contributed by atoms with Gasteiger partial charge in [0.05, 0.1) is 13.2 Å². The fourth-order valence-corrected chi connectivity index (χ4v) is 2.15. The van der Waals surface area contributed by atoms with E-state index in [0.29, 0.717) is 13.0 Å². The molecule has 1 rings (SSSR count). The largest absolute Gasteiger partial charge is 0.396 e. The molecule has 1 amide bonds. The van der Waals surface area contributed by atoms with E-state index in [4.69, 9.17) is 9.84 Å². The summed E-state index contributed by atoms with van der Waals surface area (Å²) >= 11 is 0. The van der Waals surface area contributed by atoms with Gasteiger partial charge in [0.1, 0.15) is 0 Å². The van der Waals surface area contributed by atoms with E-state index in [-0.39, 0.29) is 19.1 Å². The van der Waals surface area contributed by atoms with E-state index in [1.165, 1.54) is 0 Å². The zero-order chi connectivity index (χ0) is 15.9. The van der Waals surface area contributed by atoms with E-state index < -0.39 is 5.54 Å². The Kier molecular flexibility index (Phi) is 6.81. The topological polar surface area (TPSA) is 70.6 Å². The van der Waals surface area contributed by atoms with E-state index in [1.807, 2.05) is 39.0 Å². The minimum atomic E-state index is -0.414. The van der Waals surface area contributed by atoms with E-state index in [0.717, 1.165) is 16.8 Å². The minimum absolute atomic E-state index is 0.0471. The highest BCUT2D eigenvalue weighted by molar-refractivity contribution is 5.93. The van der Waals surface area contributed by atoms with Crippen molar-refractivity contribution in [2.24, 2.45) is 0 Å². The molecule has 0 spiro atoms. The lowest BCUT2D eigenvalue weighted by atomic mass is 9.99. The number of aryl methyl sites for hydroxylation is 1. The molecule has 1 aromatic rings. The summed E-state index contributed by atoms with van der Waals surface area (Å²) in [5, 5.41) is 15.2. The molecular weight excluding hydrogens is 268 g/mol. The van der Waals surface area contributed by atoms with Crippen LogP contribution in [0.5, 0.6) is 0 Å². The number of ether oxygens (including phenoxy) is 1. The number of rotatable bonds is 8. The molecule has 21 heavy (non-hydrogen) atoms. The second kappa shape index (κ2) is 8.12. The second-order valence-corrected chi connectivity index (χ2v) is 5.62. The van der Waals surface area contributed by atoms with Crippen LogP contribution in [0.4, 0.5) is 5.69 Å². The highest BCUT2D eigenvalue weighted by atomic mass is 16.5. The van der Waals surface area contributed by atoms with Crippen LogP contribution in [0.25, 0.3) is 0 Å². The van der Waals surface area contributed by atoms with Gasteiger partial charge in [0, 0.05) is 24.9 Å². The maximum absolute atomic E-state index is 12.1. The van der Waals surface area contributed by atoms with Gasteiger partial charge in [0.25, 0.3) is 0 Å². The number of anilines is 1. The van der Waals surface area contributed by atoms with Gasteiger partial charge in [-0.2, -0.15) is 0 Å². The first-order chi connectivity index (χ1) is 9.91. The van der Waals surface area contributed by atoms with Crippen molar-refractivity contribution >= 4 is 11.6 Å². The van der Waals surface area contributed by atoms with Crippen molar-refractivity contribution in [3.63, 3.8) is 0 Å². The van der Waals surface area contributed by atoms with E-state index in [9.17, 15) is 4.79 Å². The molecule has 5 heteroatoms. The van der Waals surface area contributed by atoms with Gasteiger partial charge in [-0.3, -0.25) is 4.79 Å². The molecular formula is C16H26N2O3. The summed E-state index contributed by atoms with van der Waals surface area (Å²) in [6.45, 7) is 6.58. The minimum Gasteiger partial charge on any atom is -0.396 e. The van der Waals surface area contributed by atoms with Gasteiger partial charge in [0.15, 0.2) is 0 Å². The fourth-order valence-electron chi connectivity index (χ4n) is 2.15. The van der Waals surface area contributed by atoms with Gasteiger partial charge in [-0.1, -0.05) is 12.1 Å². The molecule has 1 unspecified atom stereocenters. The molecule has 0 aliphatic heterocycles. The highest BCUT2D eigenvalue weighted by Gasteiger charge is 2.24. The van der Waals surface area contributed by atoms with Crippen molar-refractivity contribution in [3.8, 4) is 0 Å². The molecule has 0 aliphatic carbocycles. The predicted octanol–water partition coefficient (Wildman–Crippen LogP) is 1.62. The summed E-state index contributed by atoms with van der Waals surface area (Å²) in [5.74, 6) is -0.107. The Hall–Kier alpha value is -1.43. The van der Waals surface area contributed by atoms with Gasteiger partial charge < -0.3 is 20.5 Å². The zero-order valence-corrected chi connectivity index (χ0v) is 13.3. The Morgan fingerprint density at radius 1 is 1.38 bits per heavy atom. The smallest absolute Gasteiger partial charge is 0.238 e. The summed E-state index contributed by atoms with van der Waals surface area (Å²) in [6.07, 6.45) is 0.525. The predicted molar refractivity (Wildman–Crippen MR) is 84.5 cm³/mol. The molecule has 3 N–H and O–H groups in total. The van der Waals surface area contributed by atoms with Gasteiger partial charge >= 0.3 is 0 Å². The fraction of sp³-hybridized carbons (Fsp3) is 0.562. The maximum atomic E-state index is 12.1. The molecule has 0 aliphatic rings. The summed E-state index contributed by atoms with van der Waals surface area (Å²) in [6, 6.07) is 5.83. The molecule has 0 aromatic heterocycles. The maximum Gasteiger partial charge on any atom is 0.238 e. The lowest BCUT2D eigenvalue weighted by molar-refractivity contribution is -0.115. The van der Waals surface area contributed by atoms with Crippen LogP contribution in [0.1, 0.15) is 24.5 Å². The van der Waals surface area contributed by atoms with Crippen LogP contribution < -0.4 is 10.6 Å². The van der Waals surface area contributed by atoms with Gasteiger partial charge in [-0.15, -0.1) is 0 Å². The quantitative estimate of drug-likeness (QED) is 0.681. The Morgan fingerprint density at radius 2 is 2.10 bits per heavy atom. The average Bonchev–Trinajstić information content (AvgIpc) is 2.42. The average molecular weight is 294 g/mol. The molecule has 0 fully saturated rings. The lowest BCUT2D eigenvalue weighted by Crippen LogP contribution is -2.49. The van der Waals surface area contributed by atoms with Gasteiger partial charge in [-0.05, 0) is 44.4 Å². The highest BCUT2D eigenvalue weighted by Crippen LogP contribution is 2.17. The SMILES string of the molecule is COCC(C)(CCO)NCC(=O)Nc1cccc(C)c1C. The summed E-state index contributed by atoms with van der Waals surface area (Å²) in [4.78, 5) is 12.1. The molecule has 1 aromatic carbocycles. The monoisotopic (exact) mass is 294 g/mol. The number of nitrogens with one attached hydrogen (secondary N) is 2. The number of hydrogen-bond acceptors (Lipinski definition) is 4. The molecule has 0 radical (unpaired) electrons. The standard InChI is InChI=1S/C16H26N2O3/c1-12-6-5-7-14(13(12)2)18-15(20)10-17-16(3,8-9-19)11-21-4/h5-7,17,19H,8-11H2,1-4H3,(H,18,20). The number of aliphatic hydroxyl groups is 1. The Balaban J connectivity index is 2.59. The van der Waals surface area contributed by atoms with Crippen LogP contribution >= 0.6 is 0 Å². The van der Waals surface area contributed by atoms with E-state index in [1.54, 1.807) is 7.11 Å². The van der Waals surface area contributed by atoms with Crippen LogP contribution in [0.3, 0.4) is 0 Å². The first-order valence-corrected chi connectivity index (χ1v) is 7.13. The summed E-state index contributed by atoms with van der Waals surface area (Å²) < 4.78 is 5.14. The van der Waals surface area contributed by atoms with Crippen molar-refractivity contribution in [2.45, 2.75) is 32.7 Å². The third kappa shape index (κ3) is 5.46. The number of carbonyl (C=O) groups is 1. The number of hydrogen-bond donors (Lipinski definition) is 3. The van der Waals surface area contributed by atoms with Crippen LogP contribution in [0, 0.1) is 13.8 Å². The second-order valence-electron chi connectivity index (χ2n) is 5.62. The van der Waals surface area contributed by atoms with E-state index >= 15 is 0 Å². The Bertz CT molecular complexity index is 469. The number of aliphatic hydroxyl groups excluding tert-OH is 1. The zero-order valence-electron chi connectivity index (χ0n) is 13.3. The van der Waals surface area contributed by atoms with Crippen LogP contribution in [-0.4, -0.2) is 43.4 Å². The molecule has 1 atom stereocenters. The Labute approximate surface area is 126 Å². The van der Waals surface area contributed by atoms with Crippen LogP contribution in [-0.2, 0) is 9.53 Å². The van der Waals surface area contributed by atoms with Crippen LogP contribution in [0.15, 0.2) is 18.2 Å². The molecule has 0 bridgehead atoms. The first kappa shape index (κ1) is 17.6. The van der Waals surface area contributed by atoms with Gasteiger partial charge in [-0.25, -0.2) is 0 Å². The molecule has 0 saturated carbocycles. The third-order valence-corrected chi connectivity index (χ3v) is 3.68. The van der Waals surface area contributed by atoms with Crippen LogP contribution in [0.2, 0.25) is 0 Å². The molecule has 0 heterocycles. The number of carbonyl (C=O) groups excluding carboxylic acids is 1. The number of benzene rings is 1. The number of methoxy groups -OCH3 is 1. The van der Waals surface area contributed by atoms with Crippen molar-refractivity contribution < 1.29 is 14.6 Å². The number of amides is 1. The molecule has 0 saturated heterocycles. The summed E-state index contributed by atoms with van der Waals surface area (Å²) in [7, 11) is 1.60. The first-order valence-electron chi connectivity index (χ1n) is 7.13. The Morgan fingerprint density at radius 3 is 2.71 bits per heavy atom. The van der Waals surface area contributed by atoms with Crippen molar-refractivity contribution in [1.82, 2.24) is 5.32 Å². The summed E-state index contributed by atoms with van der Waals surface area (Å²) in [5.41, 5.74) is 2.63. The third-order valence-electron chi connectivity index (χ3n) is 3.68. The normalized spacial score (nSPS) is 13.8. The van der Waals surface area contributed by atoms with Crippen molar-refractivity contribution in [2.75, 3.05) is 32.2 Å². The lowest BCUT2D eigenvalue weighted by Gasteiger charge is -2.29. The molecule has 5 nitrogen and oxygen atoms in total. The van der Waals surface area contributed by atoms with Gasteiger partial charge in [0.2, 0.25) is 5.91 Å². The molecule has 118 valence electrons. The van der Waals surface area contributed by atoms with Crippen molar-refractivity contribution in [1.29, 1.82) is 0 Å².